The minimum atomic E-state index is -0.721. The van der Waals surface area contributed by atoms with Gasteiger partial charge in [-0.15, -0.1) is 0 Å². The average Bonchev–Trinajstić information content (AvgIpc) is 2.91. The summed E-state index contributed by atoms with van der Waals surface area (Å²) in [4.78, 5) is 51.6. The van der Waals surface area contributed by atoms with Crippen LogP contribution in [0.2, 0.25) is 0 Å². The number of carbonyl (C=O) groups excluding carboxylic acids is 4. The van der Waals surface area contributed by atoms with Crippen LogP contribution in [-0.4, -0.2) is 62.4 Å². The summed E-state index contributed by atoms with van der Waals surface area (Å²) in [6, 6.07) is 11.6. The van der Waals surface area contributed by atoms with Gasteiger partial charge in [-0.05, 0) is 62.2 Å². The fraction of sp³-hybridized carbons (Fsp3) is 0.357. The summed E-state index contributed by atoms with van der Waals surface area (Å²) >= 11 is 0. The molecule has 0 spiro atoms. The molecule has 2 aromatic rings. The Hall–Kier alpha value is -4.38. The number of nitrogens with zero attached hydrogens (tertiary/aromatic N) is 1. The Labute approximate surface area is 227 Å². The molecule has 0 fully saturated rings. The number of hydrogen-bond acceptors (Lipinski definition) is 7. The molecule has 1 atom stereocenters. The van der Waals surface area contributed by atoms with E-state index in [9.17, 15) is 19.2 Å². The summed E-state index contributed by atoms with van der Waals surface area (Å²) < 4.78 is 15.3. The van der Waals surface area contributed by atoms with Crippen LogP contribution >= 0.6 is 0 Å². The molecular weight excluding hydrogens is 504 g/mol. The number of urea groups is 2. The minimum absolute atomic E-state index is 0.0874. The number of methoxy groups -OCH3 is 1. The number of carbonyl (C=O) groups is 4. The lowest BCUT2D eigenvalue weighted by atomic mass is 9.94. The zero-order valence-corrected chi connectivity index (χ0v) is 22.5. The predicted molar refractivity (Wildman–Crippen MR) is 145 cm³/mol. The predicted octanol–water partition coefficient (Wildman–Crippen LogP) is 4.45. The van der Waals surface area contributed by atoms with Gasteiger partial charge in [0.05, 0.1) is 30.4 Å². The van der Waals surface area contributed by atoms with Crippen LogP contribution in [0.5, 0.6) is 0 Å². The van der Waals surface area contributed by atoms with Crippen molar-refractivity contribution in [3.63, 3.8) is 0 Å². The standard InChI is InChI=1S/C28H34N4O7/c1-5-15-32-18(3)23(26(34)39-17-16-37-4)24(31-28(32)36)19-7-11-21(12-8-19)29-27(35)30-22-13-9-20(10-14-22)25(33)38-6-2/h7-14,24H,5-6,15-17H2,1-4H3,(H,31,36)(H2,29,30,35)/t24-/m1/s1. The second-order valence-corrected chi connectivity index (χ2v) is 8.66. The highest BCUT2D eigenvalue weighted by Crippen LogP contribution is 2.32. The lowest BCUT2D eigenvalue weighted by molar-refractivity contribution is -0.140. The molecule has 4 amide bonds. The molecule has 11 nitrogen and oxygen atoms in total. The van der Waals surface area contributed by atoms with E-state index < -0.39 is 24.0 Å². The van der Waals surface area contributed by atoms with Gasteiger partial charge in [-0.1, -0.05) is 19.1 Å². The molecule has 0 saturated carbocycles. The summed E-state index contributed by atoms with van der Waals surface area (Å²) in [5.74, 6) is -0.969. The third kappa shape index (κ3) is 7.57. The summed E-state index contributed by atoms with van der Waals surface area (Å²) in [5, 5.41) is 8.33. The van der Waals surface area contributed by atoms with E-state index in [4.69, 9.17) is 14.2 Å². The van der Waals surface area contributed by atoms with Gasteiger partial charge in [-0.2, -0.15) is 0 Å². The zero-order chi connectivity index (χ0) is 28.4. The van der Waals surface area contributed by atoms with Crippen molar-refractivity contribution >= 4 is 35.4 Å². The van der Waals surface area contributed by atoms with Crippen molar-refractivity contribution in [2.45, 2.75) is 33.2 Å². The number of rotatable bonds is 11. The van der Waals surface area contributed by atoms with Gasteiger partial charge in [0, 0.05) is 30.7 Å². The van der Waals surface area contributed by atoms with E-state index in [-0.39, 0.29) is 25.9 Å². The molecule has 39 heavy (non-hydrogen) atoms. The molecule has 0 bridgehead atoms. The Balaban J connectivity index is 1.72. The van der Waals surface area contributed by atoms with Crippen LogP contribution < -0.4 is 16.0 Å². The van der Waals surface area contributed by atoms with E-state index in [1.54, 1.807) is 62.4 Å². The maximum Gasteiger partial charge on any atom is 0.338 e. The van der Waals surface area contributed by atoms with Gasteiger partial charge in [0.15, 0.2) is 0 Å². The third-order valence-corrected chi connectivity index (χ3v) is 5.94. The first-order chi connectivity index (χ1) is 18.8. The molecular formula is C28H34N4O7. The number of ether oxygens (including phenoxy) is 3. The van der Waals surface area contributed by atoms with Gasteiger partial charge >= 0.3 is 24.0 Å². The molecule has 3 rings (SSSR count). The molecule has 0 saturated heterocycles. The van der Waals surface area contributed by atoms with Crippen LogP contribution in [0.1, 0.15) is 49.2 Å². The van der Waals surface area contributed by atoms with Crippen molar-refractivity contribution < 1.29 is 33.4 Å². The number of allylic oxidation sites excluding steroid dienone is 1. The number of hydrogen-bond donors (Lipinski definition) is 3. The van der Waals surface area contributed by atoms with Crippen LogP contribution in [0.4, 0.5) is 21.0 Å². The maximum absolute atomic E-state index is 13.0. The lowest BCUT2D eigenvalue weighted by Gasteiger charge is -2.35. The van der Waals surface area contributed by atoms with E-state index in [1.165, 1.54) is 12.0 Å². The summed E-state index contributed by atoms with van der Waals surface area (Å²) in [6.07, 6.45) is 0.722. The molecule has 1 aliphatic rings. The number of esters is 2. The fourth-order valence-corrected chi connectivity index (χ4v) is 4.04. The number of amides is 4. The maximum atomic E-state index is 13.0. The first-order valence-electron chi connectivity index (χ1n) is 12.7. The number of anilines is 2. The minimum Gasteiger partial charge on any atom is -0.462 e. The molecule has 1 aliphatic heterocycles. The van der Waals surface area contributed by atoms with Crippen molar-refractivity contribution in [3.05, 3.63) is 70.9 Å². The Morgan fingerprint density at radius 1 is 0.897 bits per heavy atom. The van der Waals surface area contributed by atoms with Gasteiger partial charge in [-0.3, -0.25) is 4.90 Å². The molecule has 11 heteroatoms. The summed E-state index contributed by atoms with van der Waals surface area (Å²) in [7, 11) is 1.52. The highest BCUT2D eigenvalue weighted by Gasteiger charge is 2.36. The lowest BCUT2D eigenvalue weighted by Crippen LogP contribution is -2.48. The van der Waals surface area contributed by atoms with E-state index >= 15 is 0 Å². The van der Waals surface area contributed by atoms with Crippen molar-refractivity contribution in [1.29, 1.82) is 0 Å². The van der Waals surface area contributed by atoms with Gasteiger partial charge in [0.1, 0.15) is 6.61 Å². The van der Waals surface area contributed by atoms with Crippen LogP contribution in [0, 0.1) is 0 Å². The van der Waals surface area contributed by atoms with Crippen LogP contribution in [0.15, 0.2) is 59.8 Å². The van der Waals surface area contributed by atoms with Crippen molar-refractivity contribution in [2.24, 2.45) is 0 Å². The van der Waals surface area contributed by atoms with Crippen LogP contribution in [0.25, 0.3) is 0 Å². The Bertz CT molecular complexity index is 1210. The van der Waals surface area contributed by atoms with Gasteiger partial charge in [0.2, 0.25) is 0 Å². The first-order valence-corrected chi connectivity index (χ1v) is 12.7. The molecule has 0 unspecified atom stereocenters. The van der Waals surface area contributed by atoms with E-state index in [0.29, 0.717) is 40.3 Å². The van der Waals surface area contributed by atoms with E-state index in [1.807, 2.05) is 6.92 Å². The molecule has 208 valence electrons. The van der Waals surface area contributed by atoms with Gasteiger partial charge < -0.3 is 30.2 Å². The largest absolute Gasteiger partial charge is 0.462 e. The molecule has 3 N–H and O–H groups in total. The fourth-order valence-electron chi connectivity index (χ4n) is 4.04. The third-order valence-electron chi connectivity index (χ3n) is 5.94. The normalized spacial score (nSPS) is 14.9. The van der Waals surface area contributed by atoms with Crippen molar-refractivity contribution in [2.75, 3.05) is 44.1 Å². The monoisotopic (exact) mass is 538 g/mol. The molecule has 1 heterocycles. The van der Waals surface area contributed by atoms with Crippen LogP contribution in [-0.2, 0) is 19.0 Å². The molecule has 2 aromatic carbocycles. The zero-order valence-electron chi connectivity index (χ0n) is 22.5. The second kappa shape index (κ2) is 14.0. The van der Waals surface area contributed by atoms with Crippen molar-refractivity contribution in [1.82, 2.24) is 10.2 Å². The Morgan fingerprint density at radius 3 is 2.08 bits per heavy atom. The van der Waals surface area contributed by atoms with E-state index in [2.05, 4.69) is 16.0 Å². The highest BCUT2D eigenvalue weighted by molar-refractivity contribution is 6.00. The Morgan fingerprint density at radius 2 is 1.51 bits per heavy atom. The van der Waals surface area contributed by atoms with Gasteiger partial charge in [0.25, 0.3) is 0 Å². The molecule has 0 aromatic heterocycles. The number of nitrogens with one attached hydrogen (secondary N) is 3. The average molecular weight is 539 g/mol. The highest BCUT2D eigenvalue weighted by atomic mass is 16.6. The van der Waals surface area contributed by atoms with E-state index in [0.717, 1.165) is 6.42 Å². The topological polar surface area (TPSA) is 135 Å². The molecule has 0 aliphatic carbocycles. The second-order valence-electron chi connectivity index (χ2n) is 8.66. The molecule has 0 radical (unpaired) electrons. The van der Waals surface area contributed by atoms with Gasteiger partial charge in [-0.25, -0.2) is 19.2 Å². The first kappa shape index (κ1) is 29.2. The number of benzene rings is 2. The van der Waals surface area contributed by atoms with Crippen LogP contribution in [0.3, 0.4) is 0 Å². The summed E-state index contributed by atoms with van der Waals surface area (Å²) in [5.41, 5.74) is 2.90. The quantitative estimate of drug-likeness (QED) is 0.284. The summed E-state index contributed by atoms with van der Waals surface area (Å²) in [6.45, 7) is 6.49. The SMILES string of the molecule is CCCN1C(=O)N[C@H](c2ccc(NC(=O)Nc3ccc(C(=O)OCC)cc3)cc2)C(C(=O)OCCOC)=C1C. The van der Waals surface area contributed by atoms with Crippen molar-refractivity contribution in [3.8, 4) is 0 Å². The smallest absolute Gasteiger partial charge is 0.338 e. The Kier molecular flexibility index (Phi) is 10.4.